The van der Waals surface area contributed by atoms with Crippen molar-refractivity contribution >= 4 is 26.4 Å². The van der Waals surface area contributed by atoms with E-state index in [-0.39, 0.29) is 9.92 Å². The number of benzene rings is 2. The second-order valence-corrected chi connectivity index (χ2v) is 8.48. The Morgan fingerprint density at radius 2 is 1.77 bits per heavy atom. The topological polar surface area (TPSA) is 55.2 Å². The molecule has 26 heavy (non-hydrogen) atoms. The average molecular weight is 373 g/mol. The number of sulfone groups is 1. The van der Waals surface area contributed by atoms with Crippen LogP contribution < -0.4 is 4.90 Å². The summed E-state index contributed by atoms with van der Waals surface area (Å²) in [6.45, 7) is 1.91. The van der Waals surface area contributed by atoms with Crippen LogP contribution in [0.2, 0.25) is 0 Å². The first kappa shape index (κ1) is 17.0. The molecule has 0 bridgehead atoms. The van der Waals surface area contributed by atoms with Gasteiger partial charge in [0.2, 0.25) is 9.84 Å². The van der Waals surface area contributed by atoms with Gasteiger partial charge in [0.05, 0.1) is 16.1 Å². The van der Waals surface area contributed by atoms with Crippen molar-refractivity contribution in [3.63, 3.8) is 0 Å². The van der Waals surface area contributed by atoms with Crippen LogP contribution in [-0.2, 0) is 16.9 Å². The van der Waals surface area contributed by atoms with Gasteiger partial charge in [-0.15, -0.1) is 0 Å². The summed E-state index contributed by atoms with van der Waals surface area (Å²) >= 11 is 0. The van der Waals surface area contributed by atoms with Crippen LogP contribution in [0, 0.1) is 5.82 Å². The molecule has 0 aliphatic carbocycles. The molecule has 0 N–H and O–H groups in total. The maximum atomic E-state index is 13.5. The summed E-state index contributed by atoms with van der Waals surface area (Å²) in [5, 5.41) is 4.84. The zero-order chi connectivity index (χ0) is 18.3. The molecule has 3 aromatic rings. The molecular formula is C19H20FN3O2S. The fraction of sp³-hybridized carbons (Fsp3) is 0.316. The van der Waals surface area contributed by atoms with Crippen LogP contribution in [0.3, 0.4) is 0 Å². The van der Waals surface area contributed by atoms with Crippen LogP contribution in [0.15, 0.2) is 52.4 Å². The molecule has 4 rings (SSSR count). The Morgan fingerprint density at radius 1 is 1.04 bits per heavy atom. The Kier molecular flexibility index (Phi) is 4.19. The lowest BCUT2D eigenvalue weighted by Gasteiger charge is -2.29. The fourth-order valence-electron chi connectivity index (χ4n) is 3.62. The first-order valence-corrected chi connectivity index (χ1v) is 10.2. The molecule has 136 valence electrons. The lowest BCUT2D eigenvalue weighted by Crippen LogP contribution is -2.29. The van der Waals surface area contributed by atoms with Crippen LogP contribution in [0.25, 0.3) is 10.9 Å². The lowest BCUT2D eigenvalue weighted by molar-refractivity contribution is 0.577. The maximum absolute atomic E-state index is 13.5. The molecule has 7 heteroatoms. The van der Waals surface area contributed by atoms with Gasteiger partial charge in [-0.3, -0.25) is 4.68 Å². The molecule has 1 aliphatic rings. The van der Waals surface area contributed by atoms with E-state index in [1.54, 1.807) is 17.8 Å². The minimum absolute atomic E-state index is 0.0283. The molecule has 1 fully saturated rings. The van der Waals surface area contributed by atoms with E-state index in [4.69, 9.17) is 0 Å². The third-order valence-electron chi connectivity index (χ3n) is 4.87. The molecule has 5 nitrogen and oxygen atoms in total. The van der Waals surface area contributed by atoms with Crippen molar-refractivity contribution in [2.24, 2.45) is 7.05 Å². The molecule has 0 atom stereocenters. The SMILES string of the molecule is Cn1nc(S(=O)(=O)c2cccc(F)c2)c2cccc(N3CCCCC3)c21. The van der Waals surface area contributed by atoms with Crippen LogP contribution >= 0.6 is 0 Å². The van der Waals surface area contributed by atoms with Crippen LogP contribution in [-0.4, -0.2) is 31.3 Å². The number of aromatic nitrogens is 2. The van der Waals surface area contributed by atoms with E-state index in [9.17, 15) is 12.8 Å². The summed E-state index contributed by atoms with van der Waals surface area (Å²) in [4.78, 5) is 2.20. The van der Waals surface area contributed by atoms with Crippen LogP contribution in [0.1, 0.15) is 19.3 Å². The molecular weight excluding hydrogens is 353 g/mol. The number of fused-ring (bicyclic) bond motifs is 1. The van der Waals surface area contributed by atoms with Crippen molar-refractivity contribution in [2.75, 3.05) is 18.0 Å². The predicted octanol–water partition coefficient (Wildman–Crippen LogP) is 3.54. The number of halogens is 1. The first-order valence-electron chi connectivity index (χ1n) is 8.70. The Morgan fingerprint density at radius 3 is 2.50 bits per heavy atom. The highest BCUT2D eigenvalue weighted by molar-refractivity contribution is 7.91. The Hall–Kier alpha value is -2.41. The number of nitrogens with zero attached hydrogens (tertiary/aromatic N) is 3. The molecule has 0 radical (unpaired) electrons. The van der Waals surface area contributed by atoms with Crippen molar-refractivity contribution in [3.8, 4) is 0 Å². The van der Waals surface area contributed by atoms with Gasteiger partial charge in [0.15, 0.2) is 5.03 Å². The minimum atomic E-state index is -3.91. The van der Waals surface area contributed by atoms with Crippen LogP contribution in [0.5, 0.6) is 0 Å². The summed E-state index contributed by atoms with van der Waals surface area (Å²) in [5.41, 5.74) is 1.79. The highest BCUT2D eigenvalue weighted by Gasteiger charge is 2.27. The second-order valence-electron chi connectivity index (χ2n) is 6.61. The number of aryl methyl sites for hydroxylation is 1. The largest absolute Gasteiger partial charge is 0.370 e. The quantitative estimate of drug-likeness (QED) is 0.705. The van der Waals surface area contributed by atoms with Gasteiger partial charge in [-0.25, -0.2) is 12.8 Å². The minimum Gasteiger partial charge on any atom is -0.370 e. The van der Waals surface area contributed by atoms with Gasteiger partial charge in [0.25, 0.3) is 0 Å². The molecule has 2 heterocycles. The summed E-state index contributed by atoms with van der Waals surface area (Å²) in [6.07, 6.45) is 3.47. The Balaban J connectivity index is 1.90. The Bertz CT molecular complexity index is 1070. The summed E-state index contributed by atoms with van der Waals surface area (Å²) in [5.74, 6) is -0.583. The number of para-hydroxylation sites is 1. The summed E-state index contributed by atoms with van der Waals surface area (Å²) in [6, 6.07) is 10.7. The van der Waals surface area contributed by atoms with Crippen molar-refractivity contribution in [2.45, 2.75) is 29.2 Å². The fourth-order valence-corrected chi connectivity index (χ4v) is 5.05. The zero-order valence-corrected chi connectivity index (χ0v) is 15.3. The smallest absolute Gasteiger partial charge is 0.226 e. The summed E-state index contributed by atoms with van der Waals surface area (Å²) < 4.78 is 41.2. The first-order chi connectivity index (χ1) is 12.5. The molecule has 0 spiro atoms. The number of hydrogen-bond donors (Lipinski definition) is 0. The highest BCUT2D eigenvalue weighted by atomic mass is 32.2. The van der Waals surface area contributed by atoms with Gasteiger partial charge in [0, 0.05) is 25.5 Å². The molecule has 0 amide bonds. The standard InChI is InChI=1S/C19H20FN3O2S/c1-22-18-16(9-6-10-17(18)23-11-3-2-4-12-23)19(21-22)26(24,25)15-8-5-7-14(20)13-15/h5-10,13H,2-4,11-12H2,1H3. The third-order valence-corrected chi connectivity index (χ3v) is 6.55. The van der Waals surface area contributed by atoms with Crippen molar-refractivity contribution < 1.29 is 12.8 Å². The molecule has 0 unspecified atom stereocenters. The monoisotopic (exact) mass is 373 g/mol. The van der Waals surface area contributed by atoms with Gasteiger partial charge in [-0.2, -0.15) is 5.10 Å². The van der Waals surface area contributed by atoms with E-state index in [0.717, 1.165) is 43.2 Å². The average Bonchev–Trinajstić information content (AvgIpc) is 3.00. The van der Waals surface area contributed by atoms with E-state index in [1.165, 1.54) is 24.6 Å². The summed E-state index contributed by atoms with van der Waals surface area (Å²) in [7, 11) is -2.15. The molecule has 1 aromatic heterocycles. The second kappa shape index (κ2) is 6.39. The van der Waals surface area contributed by atoms with Gasteiger partial charge < -0.3 is 4.90 Å². The van der Waals surface area contributed by atoms with E-state index in [0.29, 0.717) is 5.39 Å². The van der Waals surface area contributed by atoms with Crippen molar-refractivity contribution in [1.29, 1.82) is 0 Å². The molecule has 1 saturated heterocycles. The van der Waals surface area contributed by atoms with E-state index in [1.807, 2.05) is 12.1 Å². The van der Waals surface area contributed by atoms with Crippen molar-refractivity contribution in [3.05, 3.63) is 48.3 Å². The van der Waals surface area contributed by atoms with Crippen molar-refractivity contribution in [1.82, 2.24) is 9.78 Å². The maximum Gasteiger partial charge on any atom is 0.226 e. The van der Waals surface area contributed by atoms with E-state index < -0.39 is 15.7 Å². The number of rotatable bonds is 3. The van der Waals surface area contributed by atoms with Gasteiger partial charge in [-0.05, 0) is 49.6 Å². The molecule has 0 saturated carbocycles. The zero-order valence-electron chi connectivity index (χ0n) is 14.5. The molecule has 2 aromatic carbocycles. The van der Waals surface area contributed by atoms with Gasteiger partial charge >= 0.3 is 0 Å². The Labute approximate surface area is 152 Å². The number of anilines is 1. The van der Waals surface area contributed by atoms with E-state index >= 15 is 0 Å². The normalized spacial score (nSPS) is 15.5. The third kappa shape index (κ3) is 2.76. The highest BCUT2D eigenvalue weighted by Crippen LogP contribution is 2.34. The molecule has 1 aliphatic heterocycles. The van der Waals surface area contributed by atoms with E-state index in [2.05, 4.69) is 10.00 Å². The van der Waals surface area contributed by atoms with Crippen LogP contribution in [0.4, 0.5) is 10.1 Å². The predicted molar refractivity (Wildman–Crippen MR) is 98.6 cm³/mol. The number of piperidine rings is 1. The number of hydrogen-bond acceptors (Lipinski definition) is 4. The lowest BCUT2D eigenvalue weighted by atomic mass is 10.1. The van der Waals surface area contributed by atoms with Gasteiger partial charge in [0.1, 0.15) is 5.82 Å². The van der Waals surface area contributed by atoms with Gasteiger partial charge in [-0.1, -0.05) is 12.1 Å².